The van der Waals surface area contributed by atoms with Crippen molar-refractivity contribution in [3.8, 4) is 5.75 Å². The molecule has 7 heteroatoms. The van der Waals surface area contributed by atoms with E-state index < -0.39 is 12.1 Å². The first-order valence-electron chi connectivity index (χ1n) is 10.7. The fourth-order valence-corrected chi connectivity index (χ4v) is 4.47. The van der Waals surface area contributed by atoms with Crippen molar-refractivity contribution in [1.82, 2.24) is 14.9 Å². The third-order valence-corrected chi connectivity index (χ3v) is 6.12. The molecule has 2 N–H and O–H groups in total. The van der Waals surface area contributed by atoms with Gasteiger partial charge in [-0.3, -0.25) is 14.6 Å². The van der Waals surface area contributed by atoms with E-state index in [9.17, 15) is 14.7 Å². The summed E-state index contributed by atoms with van der Waals surface area (Å²) in [6.45, 7) is 0.00345. The number of ether oxygens (including phenoxy) is 1. The molecule has 2 atom stereocenters. The first-order chi connectivity index (χ1) is 16.0. The Morgan fingerprint density at radius 2 is 1.94 bits per heavy atom. The zero-order valence-corrected chi connectivity index (χ0v) is 18.1. The molecule has 0 fully saturated rings. The summed E-state index contributed by atoms with van der Waals surface area (Å²) >= 11 is 0. The molecule has 2 unspecified atom stereocenters. The highest BCUT2D eigenvalue weighted by Gasteiger charge is 2.32. The van der Waals surface area contributed by atoms with Crippen LogP contribution in [0.1, 0.15) is 33.1 Å². The number of aliphatic hydroxyl groups excluding tert-OH is 1. The number of aromatic nitrogens is 2. The second-order valence-electron chi connectivity index (χ2n) is 8.14. The molecule has 0 radical (unpaired) electrons. The summed E-state index contributed by atoms with van der Waals surface area (Å²) in [4.78, 5) is 30.3. The molecule has 166 valence electrons. The lowest BCUT2D eigenvalue weighted by Crippen LogP contribution is -2.35. The van der Waals surface area contributed by atoms with Gasteiger partial charge in [0, 0.05) is 35.3 Å². The van der Waals surface area contributed by atoms with Crippen molar-refractivity contribution in [1.29, 1.82) is 0 Å². The number of carbonyl (C=O) groups excluding carboxylic acids is 2. The molecule has 2 aromatic carbocycles. The summed E-state index contributed by atoms with van der Waals surface area (Å²) in [5.41, 5.74) is 3.70. The quantitative estimate of drug-likeness (QED) is 0.449. The Labute approximate surface area is 190 Å². The molecule has 4 aromatic rings. The van der Waals surface area contributed by atoms with E-state index in [-0.39, 0.29) is 18.2 Å². The van der Waals surface area contributed by atoms with Gasteiger partial charge in [-0.1, -0.05) is 24.3 Å². The molecule has 0 saturated heterocycles. The van der Waals surface area contributed by atoms with E-state index in [1.165, 1.54) is 0 Å². The highest BCUT2D eigenvalue weighted by atomic mass is 16.5. The molecule has 33 heavy (non-hydrogen) atoms. The van der Waals surface area contributed by atoms with Crippen LogP contribution in [0.4, 0.5) is 0 Å². The van der Waals surface area contributed by atoms with E-state index in [2.05, 4.69) is 10.3 Å². The standard InChI is InChI=1S/C26H23N3O4/c1-33-18-8-6-16(7-9-18)26(32)21-14-29(22-13-27-11-10-20(21)22)15-24(31)28-25-19-5-3-2-4-17(19)12-23(25)30/h2-11,13-14,23,25,30H,12,15H2,1H3,(H,28,31). The van der Waals surface area contributed by atoms with E-state index in [4.69, 9.17) is 4.74 Å². The largest absolute Gasteiger partial charge is 0.497 e. The summed E-state index contributed by atoms with van der Waals surface area (Å²) in [5.74, 6) is 0.277. The lowest BCUT2D eigenvalue weighted by Gasteiger charge is -2.18. The minimum atomic E-state index is -0.665. The monoisotopic (exact) mass is 441 g/mol. The van der Waals surface area contributed by atoms with Crippen molar-refractivity contribution in [2.24, 2.45) is 0 Å². The minimum Gasteiger partial charge on any atom is -0.497 e. The average Bonchev–Trinajstić information content (AvgIpc) is 3.36. The number of amides is 1. The Hall–Kier alpha value is -3.97. The van der Waals surface area contributed by atoms with Gasteiger partial charge in [0.1, 0.15) is 12.3 Å². The van der Waals surface area contributed by atoms with Crippen LogP contribution in [0.3, 0.4) is 0 Å². The van der Waals surface area contributed by atoms with Crippen molar-refractivity contribution < 1.29 is 19.4 Å². The van der Waals surface area contributed by atoms with Gasteiger partial charge in [-0.15, -0.1) is 0 Å². The maximum atomic E-state index is 13.2. The normalized spacial score (nSPS) is 17.0. The topological polar surface area (TPSA) is 93.5 Å². The van der Waals surface area contributed by atoms with Crippen LogP contribution in [-0.4, -0.2) is 39.6 Å². The van der Waals surface area contributed by atoms with Gasteiger partial charge in [-0.2, -0.15) is 0 Å². The summed E-state index contributed by atoms with van der Waals surface area (Å²) < 4.78 is 6.89. The zero-order valence-electron chi connectivity index (χ0n) is 18.1. The van der Waals surface area contributed by atoms with Gasteiger partial charge in [-0.25, -0.2) is 0 Å². The molecule has 0 saturated carbocycles. The summed E-state index contributed by atoms with van der Waals surface area (Å²) in [7, 11) is 1.58. The number of nitrogens with one attached hydrogen (secondary N) is 1. The van der Waals surface area contributed by atoms with Gasteiger partial charge in [0.05, 0.1) is 31.0 Å². The van der Waals surface area contributed by atoms with E-state index in [0.717, 1.165) is 16.5 Å². The van der Waals surface area contributed by atoms with Crippen molar-refractivity contribution in [2.45, 2.75) is 25.1 Å². The summed E-state index contributed by atoms with van der Waals surface area (Å²) in [6, 6.07) is 16.0. The van der Waals surface area contributed by atoms with Crippen molar-refractivity contribution >= 4 is 22.6 Å². The Balaban J connectivity index is 1.41. The van der Waals surface area contributed by atoms with Crippen LogP contribution in [0.15, 0.2) is 73.2 Å². The minimum absolute atomic E-state index is 0.00345. The molecule has 0 spiro atoms. The van der Waals surface area contributed by atoms with Gasteiger partial charge >= 0.3 is 0 Å². The van der Waals surface area contributed by atoms with Gasteiger partial charge in [-0.05, 0) is 41.5 Å². The molecule has 2 aromatic heterocycles. The highest BCUT2D eigenvalue weighted by molar-refractivity contribution is 6.16. The molecule has 7 nitrogen and oxygen atoms in total. The number of hydrogen-bond acceptors (Lipinski definition) is 5. The molecule has 2 heterocycles. The number of ketones is 1. The number of hydrogen-bond donors (Lipinski definition) is 2. The SMILES string of the molecule is COc1ccc(C(=O)c2cn(CC(=O)NC3c4ccccc4CC3O)c3cnccc23)cc1. The van der Waals surface area contributed by atoms with Gasteiger partial charge in [0.25, 0.3) is 0 Å². The first kappa shape index (κ1) is 20.9. The molecule has 1 aliphatic carbocycles. The fraction of sp³-hybridized carbons (Fsp3) is 0.192. The number of pyridine rings is 1. The molecule has 5 rings (SSSR count). The average molecular weight is 441 g/mol. The third kappa shape index (κ3) is 3.87. The van der Waals surface area contributed by atoms with E-state index in [1.54, 1.807) is 60.6 Å². The number of nitrogens with zero attached hydrogens (tertiary/aromatic N) is 2. The lowest BCUT2D eigenvalue weighted by atomic mass is 10.0. The second kappa shape index (κ2) is 8.52. The molecular formula is C26H23N3O4. The number of methoxy groups -OCH3 is 1. The van der Waals surface area contributed by atoms with Crippen LogP contribution in [0, 0.1) is 0 Å². The Kier molecular flexibility index (Phi) is 5.40. The van der Waals surface area contributed by atoms with Gasteiger partial charge in [0.2, 0.25) is 5.91 Å². The zero-order chi connectivity index (χ0) is 22.9. The summed E-state index contributed by atoms with van der Waals surface area (Å²) in [5, 5.41) is 14.1. The molecule has 0 aliphatic heterocycles. The van der Waals surface area contributed by atoms with Gasteiger partial charge < -0.3 is 19.7 Å². The smallest absolute Gasteiger partial charge is 0.240 e. The lowest BCUT2D eigenvalue weighted by molar-refractivity contribution is -0.123. The predicted molar refractivity (Wildman–Crippen MR) is 123 cm³/mol. The Morgan fingerprint density at radius 3 is 2.73 bits per heavy atom. The van der Waals surface area contributed by atoms with Crippen LogP contribution in [0.5, 0.6) is 5.75 Å². The van der Waals surface area contributed by atoms with Crippen LogP contribution in [-0.2, 0) is 17.8 Å². The number of fused-ring (bicyclic) bond motifs is 2. The van der Waals surface area contributed by atoms with Crippen molar-refractivity contribution in [3.05, 3.63) is 95.4 Å². The third-order valence-electron chi connectivity index (χ3n) is 6.12. The number of rotatable bonds is 6. The second-order valence-corrected chi connectivity index (χ2v) is 8.14. The molecule has 1 amide bonds. The maximum Gasteiger partial charge on any atom is 0.240 e. The van der Waals surface area contributed by atoms with Crippen LogP contribution in [0.2, 0.25) is 0 Å². The van der Waals surface area contributed by atoms with Crippen LogP contribution < -0.4 is 10.1 Å². The predicted octanol–water partition coefficient (Wildman–Crippen LogP) is 3.05. The van der Waals surface area contributed by atoms with Crippen molar-refractivity contribution in [3.63, 3.8) is 0 Å². The fourth-order valence-electron chi connectivity index (χ4n) is 4.47. The number of aliphatic hydroxyl groups is 1. The Morgan fingerprint density at radius 1 is 1.15 bits per heavy atom. The number of carbonyl (C=O) groups is 2. The van der Waals surface area contributed by atoms with Crippen LogP contribution in [0.25, 0.3) is 10.9 Å². The van der Waals surface area contributed by atoms with E-state index >= 15 is 0 Å². The first-order valence-corrected chi connectivity index (χ1v) is 10.7. The van der Waals surface area contributed by atoms with E-state index in [0.29, 0.717) is 28.8 Å². The van der Waals surface area contributed by atoms with Crippen molar-refractivity contribution in [2.75, 3.05) is 7.11 Å². The van der Waals surface area contributed by atoms with E-state index in [1.807, 2.05) is 24.3 Å². The highest BCUT2D eigenvalue weighted by Crippen LogP contribution is 2.31. The van der Waals surface area contributed by atoms with Crippen LogP contribution >= 0.6 is 0 Å². The summed E-state index contributed by atoms with van der Waals surface area (Å²) in [6.07, 6.45) is 4.81. The van der Waals surface area contributed by atoms with Gasteiger partial charge in [0.15, 0.2) is 5.78 Å². The molecule has 1 aliphatic rings. The molecule has 0 bridgehead atoms. The number of benzene rings is 2. The maximum absolute atomic E-state index is 13.2. The molecular weight excluding hydrogens is 418 g/mol. The Bertz CT molecular complexity index is 1340.